The third-order valence-corrected chi connectivity index (χ3v) is 4.57. The van der Waals surface area contributed by atoms with Crippen molar-refractivity contribution in [3.63, 3.8) is 0 Å². The number of benzene rings is 1. The van der Waals surface area contributed by atoms with Crippen molar-refractivity contribution in [1.29, 1.82) is 0 Å². The molecule has 1 fully saturated rings. The summed E-state index contributed by atoms with van der Waals surface area (Å²) in [5.74, 6) is -0.389. The Hall–Kier alpha value is -1.67. The van der Waals surface area contributed by atoms with Gasteiger partial charge in [0, 0.05) is 5.02 Å². The van der Waals surface area contributed by atoms with E-state index >= 15 is 0 Å². The lowest BCUT2D eigenvalue weighted by Crippen LogP contribution is -2.27. The third kappa shape index (κ3) is 2.80. The number of nitrogens with zero attached hydrogens (tertiary/aromatic N) is 2. The second-order valence-corrected chi connectivity index (χ2v) is 6.37. The first-order valence-corrected chi connectivity index (χ1v) is 7.49. The molecule has 22 heavy (non-hydrogen) atoms. The molecule has 1 aliphatic carbocycles. The minimum atomic E-state index is -4.56. The third-order valence-electron chi connectivity index (χ3n) is 3.45. The normalized spacial score (nSPS) is 16.4. The minimum absolute atomic E-state index is 0.161. The van der Waals surface area contributed by atoms with Crippen molar-refractivity contribution < 1.29 is 18.0 Å². The molecule has 2 aromatic rings. The van der Waals surface area contributed by atoms with E-state index in [4.69, 9.17) is 11.6 Å². The van der Waals surface area contributed by atoms with Gasteiger partial charge in [-0.05, 0) is 30.5 Å². The van der Waals surface area contributed by atoms with Crippen LogP contribution in [0.25, 0.3) is 0 Å². The molecule has 0 saturated heterocycles. The zero-order valence-electron chi connectivity index (χ0n) is 10.9. The van der Waals surface area contributed by atoms with Crippen molar-refractivity contribution in [2.75, 3.05) is 5.32 Å². The molecule has 1 aromatic carbocycles. The van der Waals surface area contributed by atoms with E-state index in [-0.39, 0.29) is 11.0 Å². The van der Waals surface area contributed by atoms with Crippen LogP contribution < -0.4 is 5.32 Å². The van der Waals surface area contributed by atoms with Crippen LogP contribution in [0.2, 0.25) is 5.02 Å². The number of amides is 1. The van der Waals surface area contributed by atoms with Gasteiger partial charge in [0.2, 0.25) is 16.0 Å². The number of carbonyl (C=O) groups excluding carboxylic acids is 1. The van der Waals surface area contributed by atoms with Crippen LogP contribution in [0, 0.1) is 0 Å². The Labute approximate surface area is 132 Å². The van der Waals surface area contributed by atoms with E-state index in [0.29, 0.717) is 29.2 Å². The quantitative estimate of drug-likeness (QED) is 0.916. The number of rotatable bonds is 3. The molecule has 1 saturated carbocycles. The molecule has 1 amide bonds. The summed E-state index contributed by atoms with van der Waals surface area (Å²) in [7, 11) is 0. The molecular weight excluding hydrogens is 339 g/mol. The number of hydrogen-bond donors (Lipinski definition) is 1. The summed E-state index contributed by atoms with van der Waals surface area (Å²) in [6, 6.07) is 6.90. The zero-order chi connectivity index (χ0) is 16.0. The largest absolute Gasteiger partial charge is 0.445 e. The highest BCUT2D eigenvalue weighted by molar-refractivity contribution is 7.15. The van der Waals surface area contributed by atoms with Crippen molar-refractivity contribution in [3.8, 4) is 0 Å². The van der Waals surface area contributed by atoms with Gasteiger partial charge in [-0.15, -0.1) is 10.2 Å². The van der Waals surface area contributed by atoms with Crippen LogP contribution in [0.3, 0.4) is 0 Å². The fourth-order valence-corrected chi connectivity index (χ4v) is 2.96. The monoisotopic (exact) mass is 347 g/mol. The molecule has 9 heteroatoms. The summed E-state index contributed by atoms with van der Waals surface area (Å²) in [5, 5.41) is 8.08. The van der Waals surface area contributed by atoms with Crippen LogP contribution in [0.4, 0.5) is 18.3 Å². The minimum Gasteiger partial charge on any atom is -0.300 e. The van der Waals surface area contributed by atoms with Gasteiger partial charge < -0.3 is 0 Å². The molecule has 1 N–H and O–H groups in total. The lowest BCUT2D eigenvalue weighted by atomic mass is 9.95. The van der Waals surface area contributed by atoms with Crippen LogP contribution in [0.15, 0.2) is 24.3 Å². The van der Waals surface area contributed by atoms with Gasteiger partial charge in [0.05, 0.1) is 5.41 Å². The molecule has 0 bridgehead atoms. The first-order valence-electron chi connectivity index (χ1n) is 6.29. The number of anilines is 1. The maximum atomic E-state index is 12.5. The summed E-state index contributed by atoms with van der Waals surface area (Å²) in [4.78, 5) is 12.4. The Balaban J connectivity index is 1.79. The average Bonchev–Trinajstić information content (AvgIpc) is 3.12. The van der Waals surface area contributed by atoms with E-state index in [2.05, 4.69) is 15.5 Å². The first kappa shape index (κ1) is 15.2. The maximum absolute atomic E-state index is 12.5. The van der Waals surface area contributed by atoms with Crippen LogP contribution in [0.1, 0.15) is 23.4 Å². The standard InChI is InChI=1S/C13H9ClF3N3OS/c14-8-3-1-2-7(6-8)12(4-5-12)9(21)18-11-20-19-10(22-11)13(15,16)17/h1-3,6H,4-5H2,(H,18,20,21). The fraction of sp³-hybridized carbons (Fsp3) is 0.308. The lowest BCUT2D eigenvalue weighted by molar-refractivity contribution is -0.138. The highest BCUT2D eigenvalue weighted by Gasteiger charge is 2.51. The van der Waals surface area contributed by atoms with Gasteiger partial charge >= 0.3 is 6.18 Å². The van der Waals surface area contributed by atoms with Crippen molar-refractivity contribution in [1.82, 2.24) is 10.2 Å². The molecule has 0 aliphatic heterocycles. The predicted molar refractivity (Wildman–Crippen MR) is 75.9 cm³/mol. The second kappa shape index (κ2) is 5.20. The van der Waals surface area contributed by atoms with E-state index in [9.17, 15) is 18.0 Å². The topological polar surface area (TPSA) is 54.9 Å². The summed E-state index contributed by atoms with van der Waals surface area (Å²) in [5.41, 5.74) is 0.00710. The van der Waals surface area contributed by atoms with Crippen LogP contribution in [0.5, 0.6) is 0 Å². The van der Waals surface area contributed by atoms with Crippen molar-refractivity contribution >= 4 is 34.0 Å². The first-order chi connectivity index (χ1) is 10.3. The predicted octanol–water partition coefficient (Wildman–Crippen LogP) is 3.88. The number of halogens is 4. The van der Waals surface area contributed by atoms with E-state index in [0.717, 1.165) is 5.56 Å². The van der Waals surface area contributed by atoms with Crippen molar-refractivity contribution in [2.45, 2.75) is 24.4 Å². The van der Waals surface area contributed by atoms with Crippen molar-refractivity contribution in [2.24, 2.45) is 0 Å². The number of aromatic nitrogens is 2. The van der Waals surface area contributed by atoms with Gasteiger partial charge in [-0.3, -0.25) is 10.1 Å². The molecule has 1 aromatic heterocycles. The van der Waals surface area contributed by atoms with Gasteiger partial charge in [-0.2, -0.15) is 13.2 Å². The molecule has 0 unspecified atom stereocenters. The van der Waals surface area contributed by atoms with Gasteiger partial charge in [0.15, 0.2) is 0 Å². The highest BCUT2D eigenvalue weighted by atomic mass is 35.5. The summed E-state index contributed by atoms with van der Waals surface area (Å²) < 4.78 is 37.4. The molecule has 0 spiro atoms. The SMILES string of the molecule is O=C(Nc1nnc(C(F)(F)F)s1)C1(c2cccc(Cl)c2)CC1. The Bertz CT molecular complexity index is 727. The van der Waals surface area contributed by atoms with E-state index in [1.54, 1.807) is 24.3 Å². The van der Waals surface area contributed by atoms with Gasteiger partial charge in [0.25, 0.3) is 0 Å². The molecule has 0 atom stereocenters. The van der Waals surface area contributed by atoms with E-state index in [1.807, 2.05) is 0 Å². The van der Waals surface area contributed by atoms with E-state index in [1.165, 1.54) is 0 Å². The Morgan fingerprint density at radius 3 is 2.59 bits per heavy atom. The number of hydrogen-bond acceptors (Lipinski definition) is 4. The Morgan fingerprint density at radius 1 is 1.32 bits per heavy atom. The Kier molecular flexibility index (Phi) is 3.60. The Morgan fingerprint density at radius 2 is 2.05 bits per heavy atom. The average molecular weight is 348 g/mol. The van der Waals surface area contributed by atoms with Crippen LogP contribution >= 0.6 is 22.9 Å². The maximum Gasteiger partial charge on any atom is 0.445 e. The summed E-state index contributed by atoms with van der Waals surface area (Å²) >= 11 is 6.23. The van der Waals surface area contributed by atoms with E-state index < -0.39 is 16.6 Å². The number of nitrogens with one attached hydrogen (secondary N) is 1. The fourth-order valence-electron chi connectivity index (χ4n) is 2.16. The highest BCUT2D eigenvalue weighted by Crippen LogP contribution is 2.49. The summed E-state index contributed by atoms with van der Waals surface area (Å²) in [6.45, 7) is 0. The van der Waals surface area contributed by atoms with Gasteiger partial charge in [0.1, 0.15) is 0 Å². The zero-order valence-corrected chi connectivity index (χ0v) is 12.5. The molecule has 1 aliphatic rings. The smallest absolute Gasteiger partial charge is 0.300 e. The van der Waals surface area contributed by atoms with Crippen LogP contribution in [-0.4, -0.2) is 16.1 Å². The van der Waals surface area contributed by atoms with Crippen molar-refractivity contribution in [3.05, 3.63) is 39.9 Å². The number of alkyl halides is 3. The molecular formula is C13H9ClF3N3OS. The number of carbonyl (C=O) groups is 1. The van der Waals surface area contributed by atoms with Gasteiger partial charge in [-0.1, -0.05) is 35.1 Å². The van der Waals surface area contributed by atoms with Crippen LogP contribution in [-0.2, 0) is 16.4 Å². The van der Waals surface area contributed by atoms with Gasteiger partial charge in [-0.25, -0.2) is 0 Å². The molecule has 0 radical (unpaired) electrons. The second-order valence-electron chi connectivity index (χ2n) is 4.96. The molecule has 3 rings (SSSR count). The molecule has 116 valence electrons. The summed E-state index contributed by atoms with van der Waals surface area (Å²) in [6.07, 6.45) is -3.33. The molecule has 1 heterocycles. The molecule has 4 nitrogen and oxygen atoms in total. The lowest BCUT2D eigenvalue weighted by Gasteiger charge is -2.14.